The van der Waals surface area contributed by atoms with Gasteiger partial charge in [-0.15, -0.1) is 0 Å². The number of nitrogens with one attached hydrogen (secondary N) is 1. The van der Waals surface area contributed by atoms with E-state index in [2.05, 4.69) is 9.82 Å². The number of sulfonamides is 1. The predicted molar refractivity (Wildman–Crippen MR) is 76.6 cm³/mol. The number of nitrogens with two attached hydrogens (primary N) is 1. The van der Waals surface area contributed by atoms with E-state index in [1.807, 2.05) is 0 Å². The number of halogens is 1. The first-order valence-electron chi connectivity index (χ1n) is 5.89. The van der Waals surface area contributed by atoms with Gasteiger partial charge >= 0.3 is 0 Å². The molecule has 1 aromatic carbocycles. The molecule has 0 saturated carbocycles. The van der Waals surface area contributed by atoms with Crippen molar-refractivity contribution in [2.75, 3.05) is 0 Å². The molecule has 0 amide bonds. The van der Waals surface area contributed by atoms with Crippen molar-refractivity contribution in [3.63, 3.8) is 0 Å². The quantitative estimate of drug-likeness (QED) is 0.862. The second-order valence-corrected chi connectivity index (χ2v) is 6.42. The maximum Gasteiger partial charge on any atom is 0.242 e. The fourth-order valence-corrected chi connectivity index (χ4v) is 3.26. The smallest absolute Gasteiger partial charge is 0.242 e. The van der Waals surface area contributed by atoms with Gasteiger partial charge in [0.15, 0.2) is 0 Å². The van der Waals surface area contributed by atoms with Crippen LogP contribution >= 0.6 is 11.6 Å². The van der Waals surface area contributed by atoms with Crippen molar-refractivity contribution in [3.8, 4) is 0 Å². The van der Waals surface area contributed by atoms with Gasteiger partial charge in [0.2, 0.25) is 10.0 Å². The molecule has 0 aliphatic carbocycles. The first-order valence-corrected chi connectivity index (χ1v) is 7.75. The molecule has 1 aromatic heterocycles. The summed E-state index contributed by atoms with van der Waals surface area (Å²) >= 11 is 5.98. The monoisotopic (exact) mass is 314 g/mol. The average Bonchev–Trinajstić information content (AvgIpc) is 2.82. The van der Waals surface area contributed by atoms with Crippen LogP contribution < -0.4 is 10.5 Å². The first-order chi connectivity index (χ1) is 9.42. The highest BCUT2D eigenvalue weighted by Gasteiger charge is 2.18. The normalized spacial score (nSPS) is 11.8. The van der Waals surface area contributed by atoms with E-state index in [-0.39, 0.29) is 16.5 Å². The number of nitrogens with zero attached hydrogens (tertiary/aromatic N) is 2. The molecule has 8 heteroatoms. The Morgan fingerprint density at radius 2 is 2.15 bits per heavy atom. The van der Waals surface area contributed by atoms with Crippen molar-refractivity contribution < 1.29 is 8.42 Å². The van der Waals surface area contributed by atoms with Gasteiger partial charge in [0.05, 0.1) is 17.3 Å². The van der Waals surface area contributed by atoms with Crippen molar-refractivity contribution >= 4 is 21.6 Å². The van der Waals surface area contributed by atoms with Crippen LogP contribution in [0, 0.1) is 0 Å². The third-order valence-corrected chi connectivity index (χ3v) is 4.62. The van der Waals surface area contributed by atoms with E-state index in [1.165, 1.54) is 6.07 Å². The summed E-state index contributed by atoms with van der Waals surface area (Å²) < 4.78 is 28.4. The molecule has 1 heterocycles. The molecule has 0 saturated heterocycles. The zero-order valence-electron chi connectivity index (χ0n) is 10.9. The summed E-state index contributed by atoms with van der Waals surface area (Å²) in [4.78, 5) is 0.0345. The van der Waals surface area contributed by atoms with Crippen LogP contribution in [0.1, 0.15) is 11.3 Å². The second-order valence-electron chi connectivity index (χ2n) is 4.27. The van der Waals surface area contributed by atoms with Crippen LogP contribution in [0.3, 0.4) is 0 Å². The van der Waals surface area contributed by atoms with E-state index in [1.54, 1.807) is 36.1 Å². The molecular weight excluding hydrogens is 300 g/mol. The minimum atomic E-state index is -3.68. The minimum Gasteiger partial charge on any atom is -0.326 e. The summed E-state index contributed by atoms with van der Waals surface area (Å²) in [6.07, 6.45) is 1.74. The SMILES string of the molecule is Cn1ccc(CNS(=O)(=O)c2ccc(CN)cc2Cl)n1. The molecule has 0 aliphatic heterocycles. The average molecular weight is 315 g/mol. The maximum atomic E-state index is 12.2. The summed E-state index contributed by atoms with van der Waals surface area (Å²) in [5, 5.41) is 4.25. The third-order valence-electron chi connectivity index (χ3n) is 2.73. The van der Waals surface area contributed by atoms with Crippen LogP contribution in [0.15, 0.2) is 35.4 Å². The highest BCUT2D eigenvalue weighted by molar-refractivity contribution is 7.89. The zero-order valence-corrected chi connectivity index (χ0v) is 12.4. The summed E-state index contributed by atoms with van der Waals surface area (Å²) in [6.45, 7) is 0.416. The molecule has 0 atom stereocenters. The van der Waals surface area contributed by atoms with Crippen LogP contribution in [-0.4, -0.2) is 18.2 Å². The van der Waals surface area contributed by atoms with Gasteiger partial charge in [0.25, 0.3) is 0 Å². The molecular formula is C12H15ClN4O2S. The van der Waals surface area contributed by atoms with Crippen molar-refractivity contribution in [1.29, 1.82) is 0 Å². The summed E-state index contributed by atoms with van der Waals surface area (Å²) in [7, 11) is -1.91. The molecule has 6 nitrogen and oxygen atoms in total. The fraction of sp³-hybridized carbons (Fsp3) is 0.250. The molecule has 0 spiro atoms. The molecule has 0 radical (unpaired) electrons. The summed E-state index contributed by atoms with van der Waals surface area (Å²) in [5.41, 5.74) is 6.89. The maximum absolute atomic E-state index is 12.2. The Labute approximate surface area is 122 Å². The highest BCUT2D eigenvalue weighted by atomic mass is 35.5. The van der Waals surface area contributed by atoms with E-state index in [4.69, 9.17) is 17.3 Å². The van der Waals surface area contributed by atoms with E-state index in [9.17, 15) is 8.42 Å². The van der Waals surface area contributed by atoms with Crippen LogP contribution in [-0.2, 0) is 30.2 Å². The number of aromatic nitrogens is 2. The number of rotatable bonds is 5. The van der Waals surface area contributed by atoms with Gasteiger partial charge in [-0.2, -0.15) is 5.10 Å². The molecule has 2 rings (SSSR count). The third kappa shape index (κ3) is 3.37. The van der Waals surface area contributed by atoms with Crippen molar-refractivity contribution in [1.82, 2.24) is 14.5 Å². The van der Waals surface area contributed by atoms with E-state index in [0.717, 1.165) is 5.56 Å². The van der Waals surface area contributed by atoms with Gasteiger partial charge in [-0.3, -0.25) is 4.68 Å². The minimum absolute atomic E-state index is 0.0345. The Morgan fingerprint density at radius 3 is 2.70 bits per heavy atom. The van der Waals surface area contributed by atoms with E-state index < -0.39 is 10.0 Å². The topological polar surface area (TPSA) is 90.0 Å². The Morgan fingerprint density at radius 1 is 1.40 bits per heavy atom. The van der Waals surface area contributed by atoms with Crippen LogP contribution in [0.2, 0.25) is 5.02 Å². The Kier molecular flexibility index (Phi) is 4.44. The largest absolute Gasteiger partial charge is 0.326 e. The van der Waals surface area contributed by atoms with Gasteiger partial charge in [-0.25, -0.2) is 13.1 Å². The lowest BCUT2D eigenvalue weighted by Crippen LogP contribution is -2.24. The first kappa shape index (κ1) is 15.0. The molecule has 2 aromatic rings. The predicted octanol–water partition coefficient (Wildman–Crippen LogP) is 1.01. The zero-order chi connectivity index (χ0) is 14.8. The van der Waals surface area contributed by atoms with Gasteiger partial charge in [0.1, 0.15) is 4.90 Å². The Balaban J connectivity index is 2.18. The van der Waals surface area contributed by atoms with Gasteiger partial charge < -0.3 is 5.73 Å². The molecule has 0 bridgehead atoms. The van der Waals surface area contributed by atoms with E-state index >= 15 is 0 Å². The number of hydrogen-bond donors (Lipinski definition) is 2. The van der Waals surface area contributed by atoms with Crippen LogP contribution in [0.5, 0.6) is 0 Å². The highest BCUT2D eigenvalue weighted by Crippen LogP contribution is 2.22. The Bertz CT molecular complexity index is 712. The van der Waals surface area contributed by atoms with Gasteiger partial charge in [-0.05, 0) is 23.8 Å². The van der Waals surface area contributed by atoms with Gasteiger partial charge in [0, 0.05) is 19.8 Å². The standard InChI is InChI=1S/C12H15ClN4O2S/c1-17-5-4-10(16-17)8-15-20(18,19)12-3-2-9(7-14)6-11(12)13/h2-6,15H,7-8,14H2,1H3. The number of aryl methyl sites for hydroxylation is 1. The lowest BCUT2D eigenvalue weighted by atomic mass is 10.2. The van der Waals surface area contributed by atoms with Crippen molar-refractivity contribution in [2.24, 2.45) is 12.8 Å². The lowest BCUT2D eigenvalue weighted by Gasteiger charge is -2.08. The molecule has 108 valence electrons. The molecule has 3 N–H and O–H groups in total. The molecule has 0 fully saturated rings. The van der Waals surface area contributed by atoms with E-state index in [0.29, 0.717) is 12.2 Å². The number of hydrogen-bond acceptors (Lipinski definition) is 4. The van der Waals surface area contributed by atoms with Gasteiger partial charge in [-0.1, -0.05) is 17.7 Å². The Hall–Kier alpha value is -1.41. The molecule has 20 heavy (non-hydrogen) atoms. The van der Waals surface area contributed by atoms with Crippen molar-refractivity contribution in [2.45, 2.75) is 18.0 Å². The van der Waals surface area contributed by atoms with Crippen LogP contribution in [0.25, 0.3) is 0 Å². The summed E-state index contributed by atoms with van der Waals surface area (Å²) in [6, 6.07) is 6.38. The molecule has 0 unspecified atom stereocenters. The summed E-state index contributed by atoms with van der Waals surface area (Å²) in [5.74, 6) is 0. The van der Waals surface area contributed by atoms with Crippen LogP contribution in [0.4, 0.5) is 0 Å². The fourth-order valence-electron chi connectivity index (χ4n) is 1.69. The molecule has 0 aliphatic rings. The number of benzene rings is 1. The second kappa shape index (κ2) is 5.92. The van der Waals surface area contributed by atoms with Crippen molar-refractivity contribution in [3.05, 3.63) is 46.7 Å². The lowest BCUT2D eigenvalue weighted by molar-refractivity contribution is 0.579.